The van der Waals surface area contributed by atoms with Crippen molar-refractivity contribution in [2.24, 2.45) is 0 Å². The summed E-state index contributed by atoms with van der Waals surface area (Å²) in [4.78, 5) is 38.7. The summed E-state index contributed by atoms with van der Waals surface area (Å²) in [6, 6.07) is 4.13. The summed E-state index contributed by atoms with van der Waals surface area (Å²) in [6.45, 7) is 10.1. The Hall–Kier alpha value is -2.37. The molecule has 1 atom stereocenters. The van der Waals surface area contributed by atoms with Crippen molar-refractivity contribution < 1.29 is 23.9 Å². The number of nitrogens with zero attached hydrogens (tertiary/aromatic N) is 1. The van der Waals surface area contributed by atoms with Gasteiger partial charge in [0.15, 0.2) is 11.4 Å². The number of carbonyl (C=O) groups is 3. The fourth-order valence-corrected chi connectivity index (χ4v) is 2.80. The average molecular weight is 347 g/mol. The summed E-state index contributed by atoms with van der Waals surface area (Å²) in [6.07, 6.45) is 0.102. The highest BCUT2D eigenvalue weighted by Gasteiger charge is 2.45. The molecule has 0 aliphatic carbocycles. The first kappa shape index (κ1) is 19.0. The number of fused-ring (bicyclic) bond motifs is 1. The number of ether oxygens (including phenoxy) is 2. The van der Waals surface area contributed by atoms with Gasteiger partial charge in [0.2, 0.25) is 0 Å². The summed E-state index contributed by atoms with van der Waals surface area (Å²) in [5.41, 5.74) is -0.243. The van der Waals surface area contributed by atoms with Crippen LogP contribution in [0.5, 0.6) is 5.75 Å². The second-order valence-corrected chi connectivity index (χ2v) is 6.94. The van der Waals surface area contributed by atoms with E-state index in [-0.39, 0.29) is 17.8 Å². The SMILES string of the molecule is CCC(C(=O)OC(C)C)N1C(=O)C(C)(C)Oc2ccc(C(C)=O)cc21. The predicted molar refractivity (Wildman–Crippen MR) is 93.9 cm³/mol. The zero-order valence-corrected chi connectivity index (χ0v) is 15.6. The Labute approximate surface area is 148 Å². The standard InChI is InChI=1S/C19H25NO5/c1-7-14(17(22)24-11(2)3)20-15-10-13(12(4)21)8-9-16(15)25-19(5,6)18(20)23/h8-11,14H,7H2,1-6H3. The second-order valence-electron chi connectivity index (χ2n) is 6.94. The van der Waals surface area contributed by atoms with E-state index in [1.165, 1.54) is 11.8 Å². The van der Waals surface area contributed by atoms with E-state index in [9.17, 15) is 14.4 Å². The normalized spacial score (nSPS) is 16.9. The number of hydrogen-bond donors (Lipinski definition) is 0. The smallest absolute Gasteiger partial charge is 0.329 e. The number of rotatable bonds is 5. The lowest BCUT2D eigenvalue weighted by Gasteiger charge is -2.41. The van der Waals surface area contributed by atoms with Gasteiger partial charge in [0, 0.05) is 5.56 Å². The van der Waals surface area contributed by atoms with E-state index in [2.05, 4.69) is 0 Å². The maximum Gasteiger partial charge on any atom is 0.329 e. The number of Topliss-reactive ketones (excluding diaryl/α,β-unsaturated/α-hetero) is 1. The molecule has 0 saturated heterocycles. The Morgan fingerprint density at radius 1 is 1.28 bits per heavy atom. The zero-order valence-electron chi connectivity index (χ0n) is 15.6. The van der Waals surface area contributed by atoms with Crippen LogP contribution in [0.2, 0.25) is 0 Å². The van der Waals surface area contributed by atoms with Crippen LogP contribution in [0.1, 0.15) is 58.3 Å². The number of carbonyl (C=O) groups excluding carboxylic acids is 3. The molecule has 2 rings (SSSR count). The summed E-state index contributed by atoms with van der Waals surface area (Å²) in [5.74, 6) is -0.473. The summed E-state index contributed by atoms with van der Waals surface area (Å²) >= 11 is 0. The maximum absolute atomic E-state index is 13.0. The predicted octanol–water partition coefficient (Wildman–Crippen LogP) is 3.12. The minimum Gasteiger partial charge on any atom is -0.476 e. The highest BCUT2D eigenvalue weighted by atomic mass is 16.5. The van der Waals surface area contributed by atoms with Crippen LogP contribution < -0.4 is 9.64 Å². The Bertz CT molecular complexity index is 708. The molecule has 0 aromatic heterocycles. The van der Waals surface area contributed by atoms with Crippen molar-refractivity contribution in [3.63, 3.8) is 0 Å². The summed E-state index contributed by atoms with van der Waals surface area (Å²) < 4.78 is 11.1. The largest absolute Gasteiger partial charge is 0.476 e. The summed E-state index contributed by atoms with van der Waals surface area (Å²) in [7, 11) is 0. The Morgan fingerprint density at radius 3 is 2.44 bits per heavy atom. The summed E-state index contributed by atoms with van der Waals surface area (Å²) in [5, 5.41) is 0. The van der Waals surface area contributed by atoms with Gasteiger partial charge in [0.1, 0.15) is 11.8 Å². The quantitative estimate of drug-likeness (QED) is 0.604. The molecule has 0 bridgehead atoms. The first-order valence-corrected chi connectivity index (χ1v) is 8.46. The van der Waals surface area contributed by atoms with Gasteiger partial charge in [0.25, 0.3) is 5.91 Å². The van der Waals surface area contributed by atoms with Gasteiger partial charge in [-0.3, -0.25) is 14.5 Å². The molecule has 6 nitrogen and oxygen atoms in total. The van der Waals surface area contributed by atoms with Gasteiger partial charge >= 0.3 is 5.97 Å². The third-order valence-corrected chi connectivity index (χ3v) is 4.05. The van der Waals surface area contributed by atoms with E-state index in [0.717, 1.165) is 0 Å². The number of esters is 1. The van der Waals surface area contributed by atoms with E-state index in [1.54, 1.807) is 45.9 Å². The van der Waals surface area contributed by atoms with Crippen LogP contribution in [0.15, 0.2) is 18.2 Å². The topological polar surface area (TPSA) is 72.9 Å². The van der Waals surface area contributed by atoms with Crippen molar-refractivity contribution >= 4 is 23.3 Å². The van der Waals surface area contributed by atoms with E-state index in [4.69, 9.17) is 9.47 Å². The molecular formula is C19H25NO5. The third kappa shape index (κ3) is 3.67. The molecule has 0 fully saturated rings. The average Bonchev–Trinajstić information content (AvgIpc) is 2.50. The van der Waals surface area contributed by atoms with Crippen molar-refractivity contribution in [3.8, 4) is 5.75 Å². The van der Waals surface area contributed by atoms with Crippen molar-refractivity contribution in [3.05, 3.63) is 23.8 Å². The van der Waals surface area contributed by atoms with Crippen LogP contribution in [0.3, 0.4) is 0 Å². The molecule has 1 aliphatic rings. The van der Waals surface area contributed by atoms with E-state index in [0.29, 0.717) is 23.4 Å². The Balaban J connectivity index is 2.57. The van der Waals surface area contributed by atoms with Gasteiger partial charge in [-0.2, -0.15) is 0 Å². The first-order valence-electron chi connectivity index (χ1n) is 8.46. The maximum atomic E-state index is 13.0. The van der Waals surface area contributed by atoms with Crippen LogP contribution in [0, 0.1) is 0 Å². The second kappa shape index (κ2) is 6.86. The van der Waals surface area contributed by atoms with E-state index in [1.807, 2.05) is 6.92 Å². The number of benzene rings is 1. The number of amides is 1. The third-order valence-electron chi connectivity index (χ3n) is 4.05. The van der Waals surface area contributed by atoms with Crippen molar-refractivity contribution in [2.45, 2.75) is 65.7 Å². The zero-order chi connectivity index (χ0) is 18.9. The molecule has 0 radical (unpaired) electrons. The molecule has 1 aliphatic heterocycles. The molecule has 1 aromatic carbocycles. The van der Waals surface area contributed by atoms with E-state index >= 15 is 0 Å². The molecule has 0 saturated carbocycles. The van der Waals surface area contributed by atoms with Gasteiger partial charge in [-0.05, 0) is 59.2 Å². The van der Waals surface area contributed by atoms with Crippen LogP contribution in [0.25, 0.3) is 0 Å². The van der Waals surface area contributed by atoms with Crippen LogP contribution in [0.4, 0.5) is 5.69 Å². The van der Waals surface area contributed by atoms with Crippen LogP contribution in [-0.2, 0) is 14.3 Å². The Kier molecular flexibility index (Phi) is 5.20. The van der Waals surface area contributed by atoms with Crippen molar-refractivity contribution in [1.29, 1.82) is 0 Å². The van der Waals surface area contributed by atoms with Gasteiger partial charge in [-0.15, -0.1) is 0 Å². The molecule has 0 spiro atoms. The lowest BCUT2D eigenvalue weighted by molar-refractivity contribution is -0.151. The first-order chi connectivity index (χ1) is 11.6. The number of anilines is 1. The Morgan fingerprint density at radius 2 is 1.92 bits per heavy atom. The minimum atomic E-state index is -1.11. The number of hydrogen-bond acceptors (Lipinski definition) is 5. The van der Waals surface area contributed by atoms with Crippen LogP contribution >= 0.6 is 0 Å². The lowest BCUT2D eigenvalue weighted by Crippen LogP contribution is -2.58. The van der Waals surface area contributed by atoms with Crippen molar-refractivity contribution in [1.82, 2.24) is 0 Å². The van der Waals surface area contributed by atoms with Crippen molar-refractivity contribution in [2.75, 3.05) is 4.90 Å². The molecule has 1 unspecified atom stereocenters. The van der Waals surface area contributed by atoms with Gasteiger partial charge in [-0.25, -0.2) is 4.79 Å². The molecule has 0 N–H and O–H groups in total. The minimum absolute atomic E-state index is 0.127. The highest BCUT2D eigenvalue weighted by Crippen LogP contribution is 2.40. The fraction of sp³-hybridized carbons (Fsp3) is 0.526. The molecule has 136 valence electrons. The molecule has 1 amide bonds. The molecule has 1 aromatic rings. The van der Waals surface area contributed by atoms with E-state index < -0.39 is 17.6 Å². The molecular weight excluding hydrogens is 322 g/mol. The van der Waals surface area contributed by atoms with Gasteiger partial charge in [0.05, 0.1) is 11.8 Å². The van der Waals surface area contributed by atoms with Gasteiger partial charge in [-0.1, -0.05) is 6.92 Å². The molecule has 6 heteroatoms. The molecule has 25 heavy (non-hydrogen) atoms. The molecule has 1 heterocycles. The fourth-order valence-electron chi connectivity index (χ4n) is 2.80. The van der Waals surface area contributed by atoms with Gasteiger partial charge < -0.3 is 9.47 Å². The number of ketones is 1. The lowest BCUT2D eigenvalue weighted by atomic mass is 9.99. The van der Waals surface area contributed by atoms with Crippen LogP contribution in [-0.4, -0.2) is 35.4 Å². The highest BCUT2D eigenvalue weighted by molar-refractivity contribution is 6.07. The monoisotopic (exact) mass is 347 g/mol.